The fourth-order valence-electron chi connectivity index (χ4n) is 2.43. The average Bonchev–Trinajstić information content (AvgIpc) is 3.26. The molecule has 0 amide bonds. The summed E-state index contributed by atoms with van der Waals surface area (Å²) in [5.41, 5.74) is 1.91. The number of carbonyl (C=O) groups is 1. The van der Waals surface area contributed by atoms with Crippen molar-refractivity contribution in [2.45, 2.75) is 6.42 Å². The Morgan fingerprint density at radius 3 is 2.96 bits per heavy atom. The van der Waals surface area contributed by atoms with E-state index in [1.54, 1.807) is 6.26 Å². The van der Waals surface area contributed by atoms with Crippen LogP contribution in [0.15, 0.2) is 56.9 Å². The van der Waals surface area contributed by atoms with E-state index >= 15 is 0 Å². The zero-order valence-corrected chi connectivity index (χ0v) is 12.6. The normalized spacial score (nSPS) is 11.1. The van der Waals surface area contributed by atoms with E-state index in [9.17, 15) is 9.90 Å². The Morgan fingerprint density at radius 2 is 2.17 bits per heavy atom. The van der Waals surface area contributed by atoms with Crippen molar-refractivity contribution in [3.63, 3.8) is 0 Å². The molecule has 0 aliphatic carbocycles. The highest BCUT2D eigenvalue weighted by Crippen LogP contribution is 2.33. The van der Waals surface area contributed by atoms with Gasteiger partial charge in [-0.15, -0.1) is 11.3 Å². The highest BCUT2D eigenvalue weighted by molar-refractivity contribution is 7.13. The molecule has 0 unspecified atom stereocenters. The van der Waals surface area contributed by atoms with Crippen molar-refractivity contribution < 1.29 is 18.7 Å². The van der Waals surface area contributed by atoms with E-state index in [0.29, 0.717) is 17.3 Å². The Bertz CT molecular complexity index is 981. The van der Waals surface area contributed by atoms with Crippen molar-refractivity contribution >= 4 is 28.3 Å². The first-order chi connectivity index (χ1) is 11.2. The van der Waals surface area contributed by atoms with Gasteiger partial charge in [0.15, 0.2) is 5.76 Å². The number of hydrogen-bond donors (Lipinski definition) is 0. The van der Waals surface area contributed by atoms with Crippen LogP contribution < -0.4 is 5.11 Å². The van der Waals surface area contributed by atoms with E-state index < -0.39 is 5.97 Å². The summed E-state index contributed by atoms with van der Waals surface area (Å²) >= 11 is 1.47. The van der Waals surface area contributed by atoms with Gasteiger partial charge < -0.3 is 18.7 Å². The summed E-state index contributed by atoms with van der Waals surface area (Å²) in [5.74, 6) is -0.327. The van der Waals surface area contributed by atoms with E-state index in [-0.39, 0.29) is 6.42 Å². The van der Waals surface area contributed by atoms with Crippen molar-refractivity contribution in [3.8, 4) is 22.1 Å². The molecule has 0 saturated heterocycles. The van der Waals surface area contributed by atoms with Crippen LogP contribution in [0.3, 0.4) is 0 Å². The monoisotopic (exact) mass is 324 g/mol. The topological polar surface area (TPSA) is 79.3 Å². The number of benzene rings is 1. The van der Waals surface area contributed by atoms with Crippen molar-refractivity contribution in [2.24, 2.45) is 0 Å². The van der Waals surface area contributed by atoms with Gasteiger partial charge >= 0.3 is 0 Å². The lowest BCUT2D eigenvalue weighted by molar-refractivity contribution is -0.304. The third-order valence-electron chi connectivity index (χ3n) is 3.45. The standard InChI is InChI=1S/C17H11NO4S/c19-15(20)9-12-16(14-2-1-7-23-14)22-17(18-12)11-3-4-13-10(8-11)5-6-21-13/h1-8H,9H2,(H,19,20)/p-1. The summed E-state index contributed by atoms with van der Waals surface area (Å²) in [6.45, 7) is 0. The van der Waals surface area contributed by atoms with Crippen molar-refractivity contribution in [1.82, 2.24) is 4.98 Å². The van der Waals surface area contributed by atoms with Gasteiger partial charge in [0.05, 0.1) is 16.8 Å². The lowest BCUT2D eigenvalue weighted by atomic mass is 10.1. The largest absolute Gasteiger partial charge is 0.550 e. The molecule has 0 aliphatic rings. The minimum atomic E-state index is -1.19. The molecule has 114 valence electrons. The molecule has 0 atom stereocenters. The predicted molar refractivity (Wildman–Crippen MR) is 83.7 cm³/mol. The molecule has 0 saturated carbocycles. The average molecular weight is 324 g/mol. The fraction of sp³-hybridized carbons (Fsp3) is 0.0588. The van der Waals surface area contributed by atoms with Crippen LogP contribution in [0.25, 0.3) is 33.1 Å². The molecule has 6 heteroatoms. The molecule has 0 radical (unpaired) electrons. The number of aromatic nitrogens is 1. The number of carbonyl (C=O) groups excluding carboxylic acids is 1. The number of carboxylic acid groups (broad SMARTS) is 1. The predicted octanol–water partition coefficient (Wildman–Crippen LogP) is 3.11. The first kappa shape index (κ1) is 13.8. The summed E-state index contributed by atoms with van der Waals surface area (Å²) in [5, 5.41) is 13.8. The van der Waals surface area contributed by atoms with Crippen molar-refractivity contribution in [1.29, 1.82) is 0 Å². The van der Waals surface area contributed by atoms with Gasteiger partial charge in [-0.05, 0) is 35.7 Å². The van der Waals surface area contributed by atoms with E-state index in [1.165, 1.54) is 11.3 Å². The van der Waals surface area contributed by atoms with Crippen LogP contribution in [-0.4, -0.2) is 11.0 Å². The summed E-state index contributed by atoms with van der Waals surface area (Å²) in [4.78, 5) is 16.2. The Hall–Kier alpha value is -2.86. The van der Waals surface area contributed by atoms with Gasteiger partial charge in [-0.2, -0.15) is 0 Å². The fourth-order valence-corrected chi connectivity index (χ4v) is 3.16. The van der Waals surface area contributed by atoms with Gasteiger partial charge in [-0.3, -0.25) is 0 Å². The van der Waals surface area contributed by atoms with Crippen molar-refractivity contribution in [2.75, 3.05) is 0 Å². The zero-order chi connectivity index (χ0) is 15.8. The number of thiophene rings is 1. The third kappa shape index (κ3) is 2.53. The van der Waals surface area contributed by atoms with Crippen LogP contribution in [0.2, 0.25) is 0 Å². The van der Waals surface area contributed by atoms with E-state index in [4.69, 9.17) is 8.83 Å². The molecule has 3 heterocycles. The number of oxazole rings is 1. The van der Waals surface area contributed by atoms with Crippen LogP contribution in [-0.2, 0) is 11.2 Å². The number of carboxylic acids is 1. The maximum absolute atomic E-state index is 11.0. The highest BCUT2D eigenvalue weighted by atomic mass is 32.1. The third-order valence-corrected chi connectivity index (χ3v) is 4.32. The number of nitrogens with zero attached hydrogens (tertiary/aromatic N) is 1. The van der Waals surface area contributed by atoms with E-state index in [0.717, 1.165) is 21.4 Å². The molecule has 4 rings (SSSR count). The first-order valence-corrected chi connectivity index (χ1v) is 7.80. The summed E-state index contributed by atoms with van der Waals surface area (Å²) < 4.78 is 11.2. The molecule has 0 aliphatic heterocycles. The molecule has 0 N–H and O–H groups in total. The minimum absolute atomic E-state index is 0.287. The lowest BCUT2D eigenvalue weighted by Crippen LogP contribution is -2.24. The maximum Gasteiger partial charge on any atom is 0.227 e. The molecule has 4 aromatic rings. The van der Waals surface area contributed by atoms with Gasteiger partial charge in [0.25, 0.3) is 0 Å². The number of fused-ring (bicyclic) bond motifs is 1. The Morgan fingerprint density at radius 1 is 1.26 bits per heavy atom. The van der Waals surface area contributed by atoms with Crippen LogP contribution in [0, 0.1) is 0 Å². The van der Waals surface area contributed by atoms with E-state index in [1.807, 2.05) is 41.8 Å². The molecule has 1 aromatic carbocycles. The maximum atomic E-state index is 11.0. The smallest absolute Gasteiger partial charge is 0.227 e. The lowest BCUT2D eigenvalue weighted by Gasteiger charge is -1.99. The van der Waals surface area contributed by atoms with Crippen LogP contribution in [0.5, 0.6) is 0 Å². The Balaban J connectivity index is 1.83. The second kappa shape index (κ2) is 5.40. The van der Waals surface area contributed by atoms with Crippen LogP contribution >= 0.6 is 11.3 Å². The van der Waals surface area contributed by atoms with Crippen LogP contribution in [0.4, 0.5) is 0 Å². The summed E-state index contributed by atoms with van der Waals surface area (Å²) in [6.07, 6.45) is 1.33. The van der Waals surface area contributed by atoms with Gasteiger partial charge in [-0.1, -0.05) is 6.07 Å². The SMILES string of the molecule is O=C([O-])Cc1nc(-c2ccc3occc3c2)oc1-c1cccs1. The molecule has 5 nitrogen and oxygen atoms in total. The first-order valence-electron chi connectivity index (χ1n) is 6.92. The highest BCUT2D eigenvalue weighted by Gasteiger charge is 2.17. The summed E-state index contributed by atoms with van der Waals surface area (Å²) in [7, 11) is 0. The zero-order valence-electron chi connectivity index (χ0n) is 11.8. The molecular weight excluding hydrogens is 314 g/mol. The van der Waals surface area contributed by atoms with Gasteiger partial charge in [-0.25, -0.2) is 4.98 Å². The number of rotatable bonds is 4. The second-order valence-corrected chi connectivity index (χ2v) is 5.94. The Labute approximate surface area is 134 Å². The van der Waals surface area contributed by atoms with Crippen molar-refractivity contribution in [3.05, 3.63) is 53.7 Å². The molecule has 0 bridgehead atoms. The minimum Gasteiger partial charge on any atom is -0.550 e. The van der Waals surface area contributed by atoms with Gasteiger partial charge in [0, 0.05) is 23.3 Å². The van der Waals surface area contributed by atoms with Crippen LogP contribution in [0.1, 0.15) is 5.69 Å². The Kier molecular flexibility index (Phi) is 3.24. The second-order valence-electron chi connectivity index (χ2n) is 4.99. The molecule has 0 fully saturated rings. The summed E-state index contributed by atoms with van der Waals surface area (Å²) in [6, 6.07) is 11.2. The quantitative estimate of drug-likeness (QED) is 0.576. The molecule has 23 heavy (non-hydrogen) atoms. The van der Waals surface area contributed by atoms with E-state index in [2.05, 4.69) is 4.98 Å². The molecular formula is C17H10NO4S-. The molecule has 0 spiro atoms. The number of aliphatic carboxylic acids is 1. The van der Waals surface area contributed by atoms with Gasteiger partial charge in [0.1, 0.15) is 5.58 Å². The number of furan rings is 1. The number of hydrogen-bond acceptors (Lipinski definition) is 6. The van der Waals surface area contributed by atoms with Gasteiger partial charge in [0.2, 0.25) is 5.89 Å². The molecule has 3 aromatic heterocycles.